The van der Waals surface area contributed by atoms with Crippen molar-refractivity contribution in [1.82, 2.24) is 9.97 Å². The van der Waals surface area contributed by atoms with E-state index in [4.69, 9.17) is 9.47 Å². The van der Waals surface area contributed by atoms with E-state index in [2.05, 4.69) is 15.3 Å². The summed E-state index contributed by atoms with van der Waals surface area (Å²) in [6, 6.07) is 7.57. The van der Waals surface area contributed by atoms with E-state index in [1.165, 1.54) is 0 Å². The average Bonchev–Trinajstić information content (AvgIpc) is 2.60. The Morgan fingerprint density at radius 3 is 2.74 bits per heavy atom. The fraction of sp³-hybridized carbons (Fsp3) is 0.312. The molecule has 0 aliphatic rings. The summed E-state index contributed by atoms with van der Waals surface area (Å²) < 4.78 is 10.7. The van der Waals surface area contributed by atoms with Crippen molar-refractivity contribution in [2.24, 2.45) is 0 Å². The van der Waals surface area contributed by atoms with Crippen LogP contribution in [0.25, 0.3) is 0 Å². The summed E-state index contributed by atoms with van der Waals surface area (Å²) in [4.78, 5) is 21.0. The molecule has 122 valence electrons. The molecule has 2 aromatic rings. The Labute approximate surface area is 139 Å². The van der Waals surface area contributed by atoms with Gasteiger partial charge in [-0.1, -0.05) is 0 Å². The number of nitrogens with zero attached hydrogens (tertiary/aromatic N) is 2. The van der Waals surface area contributed by atoms with Crippen molar-refractivity contribution in [2.75, 3.05) is 24.7 Å². The number of esters is 1. The topological polar surface area (TPSA) is 73.3 Å². The minimum absolute atomic E-state index is 0.231. The van der Waals surface area contributed by atoms with Gasteiger partial charge in [0.25, 0.3) is 0 Å². The van der Waals surface area contributed by atoms with Crippen LogP contribution in [0.2, 0.25) is 0 Å². The highest BCUT2D eigenvalue weighted by molar-refractivity contribution is 7.98. The number of hydrogen-bond donors (Lipinski definition) is 1. The standard InChI is InChI=1S/C16H19N3O3S/c1-12(22-13-3-5-14(23-2)6-4-13)16(20)21-10-9-19-15-11-17-7-8-18-15/h3-8,11-12H,9-10H2,1-2H3,(H,18,19). The third-order valence-electron chi connectivity index (χ3n) is 2.92. The first-order valence-electron chi connectivity index (χ1n) is 7.16. The van der Waals surface area contributed by atoms with Crippen molar-refractivity contribution < 1.29 is 14.3 Å². The van der Waals surface area contributed by atoms with Crippen LogP contribution < -0.4 is 10.1 Å². The Hall–Kier alpha value is -2.28. The van der Waals surface area contributed by atoms with E-state index >= 15 is 0 Å². The molecule has 0 aliphatic carbocycles. The third-order valence-corrected chi connectivity index (χ3v) is 3.66. The van der Waals surface area contributed by atoms with Gasteiger partial charge in [-0.05, 0) is 37.4 Å². The molecule has 2 rings (SSSR count). The molecule has 0 aliphatic heterocycles. The van der Waals surface area contributed by atoms with Crippen molar-refractivity contribution in [3.8, 4) is 5.75 Å². The minimum Gasteiger partial charge on any atom is -0.479 e. The van der Waals surface area contributed by atoms with Gasteiger partial charge in [-0.15, -0.1) is 11.8 Å². The van der Waals surface area contributed by atoms with Crippen molar-refractivity contribution >= 4 is 23.5 Å². The number of rotatable bonds is 8. The van der Waals surface area contributed by atoms with E-state index in [-0.39, 0.29) is 6.61 Å². The highest BCUT2D eigenvalue weighted by atomic mass is 32.2. The summed E-state index contributed by atoms with van der Waals surface area (Å²) in [5, 5.41) is 3.01. The summed E-state index contributed by atoms with van der Waals surface area (Å²) in [5.74, 6) is 0.881. The SMILES string of the molecule is CSc1ccc(OC(C)C(=O)OCCNc2cnccn2)cc1. The van der Waals surface area contributed by atoms with Gasteiger partial charge < -0.3 is 14.8 Å². The maximum absolute atomic E-state index is 11.9. The first-order valence-corrected chi connectivity index (χ1v) is 8.39. The smallest absolute Gasteiger partial charge is 0.347 e. The molecule has 0 amide bonds. The minimum atomic E-state index is -0.661. The zero-order valence-electron chi connectivity index (χ0n) is 13.1. The molecule has 1 unspecified atom stereocenters. The van der Waals surface area contributed by atoms with E-state index in [9.17, 15) is 4.79 Å². The highest BCUT2D eigenvalue weighted by Gasteiger charge is 2.16. The molecule has 1 atom stereocenters. The van der Waals surface area contributed by atoms with Crippen LogP contribution in [0.5, 0.6) is 5.75 Å². The van der Waals surface area contributed by atoms with Gasteiger partial charge in [0.2, 0.25) is 0 Å². The molecule has 1 heterocycles. The van der Waals surface area contributed by atoms with Crippen LogP contribution in [0.15, 0.2) is 47.8 Å². The zero-order chi connectivity index (χ0) is 16.5. The summed E-state index contributed by atoms with van der Waals surface area (Å²) in [7, 11) is 0. The molecular formula is C16H19N3O3S. The number of benzene rings is 1. The second-order valence-electron chi connectivity index (χ2n) is 4.62. The number of carbonyl (C=O) groups is 1. The van der Waals surface area contributed by atoms with Gasteiger partial charge in [-0.2, -0.15) is 0 Å². The molecule has 1 aromatic carbocycles. The number of nitrogens with one attached hydrogen (secondary N) is 1. The molecule has 7 heteroatoms. The first-order chi connectivity index (χ1) is 11.2. The predicted octanol–water partition coefficient (Wildman–Crippen LogP) is 2.62. The average molecular weight is 333 g/mol. The molecule has 0 saturated heterocycles. The van der Waals surface area contributed by atoms with Crippen LogP contribution >= 0.6 is 11.8 Å². The van der Waals surface area contributed by atoms with E-state index in [1.54, 1.807) is 37.3 Å². The zero-order valence-corrected chi connectivity index (χ0v) is 13.9. The summed E-state index contributed by atoms with van der Waals surface area (Å²) in [6.45, 7) is 2.36. The van der Waals surface area contributed by atoms with Crippen molar-refractivity contribution in [3.63, 3.8) is 0 Å². The Bertz CT molecular complexity index is 608. The lowest BCUT2D eigenvalue weighted by molar-refractivity contribution is -0.150. The number of carbonyl (C=O) groups excluding carboxylic acids is 1. The number of aromatic nitrogens is 2. The Morgan fingerprint density at radius 2 is 2.09 bits per heavy atom. The van der Waals surface area contributed by atoms with Gasteiger partial charge in [0.15, 0.2) is 6.10 Å². The van der Waals surface area contributed by atoms with Crippen LogP contribution in [-0.2, 0) is 9.53 Å². The molecule has 0 saturated carbocycles. The van der Waals surface area contributed by atoms with Crippen LogP contribution in [0.4, 0.5) is 5.82 Å². The Balaban J connectivity index is 1.69. The second kappa shape index (κ2) is 8.99. The highest BCUT2D eigenvalue weighted by Crippen LogP contribution is 2.19. The molecule has 1 aromatic heterocycles. The number of hydrogen-bond acceptors (Lipinski definition) is 7. The Morgan fingerprint density at radius 1 is 1.30 bits per heavy atom. The molecule has 6 nitrogen and oxygen atoms in total. The lowest BCUT2D eigenvalue weighted by Crippen LogP contribution is -2.27. The van der Waals surface area contributed by atoms with Crippen molar-refractivity contribution in [2.45, 2.75) is 17.9 Å². The predicted molar refractivity (Wildman–Crippen MR) is 89.8 cm³/mol. The molecule has 0 fully saturated rings. The summed E-state index contributed by atoms with van der Waals surface area (Å²) in [6.07, 6.45) is 6.13. The van der Waals surface area contributed by atoms with Crippen LogP contribution in [0, 0.1) is 0 Å². The van der Waals surface area contributed by atoms with Gasteiger partial charge in [0.05, 0.1) is 12.7 Å². The lowest BCUT2D eigenvalue weighted by atomic mass is 10.3. The van der Waals surface area contributed by atoms with Crippen LogP contribution in [0.3, 0.4) is 0 Å². The molecule has 0 spiro atoms. The summed E-state index contributed by atoms with van der Waals surface area (Å²) in [5.41, 5.74) is 0. The fourth-order valence-corrected chi connectivity index (χ4v) is 2.15. The van der Waals surface area contributed by atoms with Crippen molar-refractivity contribution in [3.05, 3.63) is 42.9 Å². The number of anilines is 1. The van der Waals surface area contributed by atoms with Gasteiger partial charge >= 0.3 is 5.97 Å². The van der Waals surface area contributed by atoms with E-state index in [0.29, 0.717) is 18.1 Å². The maximum atomic E-state index is 11.9. The van der Waals surface area contributed by atoms with Crippen LogP contribution in [-0.4, -0.2) is 41.4 Å². The van der Waals surface area contributed by atoms with Gasteiger partial charge in [0.1, 0.15) is 18.2 Å². The van der Waals surface area contributed by atoms with Crippen LogP contribution in [0.1, 0.15) is 6.92 Å². The molecule has 0 radical (unpaired) electrons. The summed E-state index contributed by atoms with van der Waals surface area (Å²) >= 11 is 1.65. The maximum Gasteiger partial charge on any atom is 0.347 e. The quantitative estimate of drug-likeness (QED) is 0.452. The number of thioether (sulfide) groups is 1. The van der Waals surface area contributed by atoms with E-state index < -0.39 is 12.1 Å². The van der Waals surface area contributed by atoms with Crippen molar-refractivity contribution in [1.29, 1.82) is 0 Å². The van der Waals surface area contributed by atoms with Gasteiger partial charge in [-0.25, -0.2) is 9.78 Å². The molecule has 1 N–H and O–H groups in total. The monoisotopic (exact) mass is 333 g/mol. The van der Waals surface area contributed by atoms with E-state index in [1.807, 2.05) is 30.5 Å². The van der Waals surface area contributed by atoms with Gasteiger partial charge in [-0.3, -0.25) is 4.98 Å². The van der Waals surface area contributed by atoms with E-state index in [0.717, 1.165) is 4.90 Å². The fourth-order valence-electron chi connectivity index (χ4n) is 1.74. The third kappa shape index (κ3) is 5.78. The number of ether oxygens (including phenoxy) is 2. The molecular weight excluding hydrogens is 314 g/mol. The largest absolute Gasteiger partial charge is 0.479 e. The second-order valence-corrected chi connectivity index (χ2v) is 5.50. The normalized spacial score (nSPS) is 11.6. The first kappa shape index (κ1) is 17.1. The Kier molecular flexibility index (Phi) is 6.68. The molecule has 23 heavy (non-hydrogen) atoms. The lowest BCUT2D eigenvalue weighted by Gasteiger charge is -2.14. The van der Waals surface area contributed by atoms with Gasteiger partial charge in [0, 0.05) is 17.3 Å². The molecule has 0 bridgehead atoms.